The molecule has 2 heterocycles. The molecule has 0 bridgehead atoms. The van der Waals surface area contributed by atoms with Crippen molar-refractivity contribution in [3.63, 3.8) is 0 Å². The Balaban J connectivity index is 1.63. The van der Waals surface area contributed by atoms with Crippen LogP contribution in [0.25, 0.3) is 0 Å². The van der Waals surface area contributed by atoms with E-state index in [0.717, 1.165) is 30.8 Å². The number of hydrogen-bond donors (Lipinski definition) is 1. The van der Waals surface area contributed by atoms with Gasteiger partial charge in [0.25, 0.3) is 5.91 Å². The molecule has 1 saturated heterocycles. The number of rotatable bonds is 7. The number of likely N-dealkylation sites (tertiary alicyclic amines) is 1. The van der Waals surface area contributed by atoms with Crippen LogP contribution in [0.1, 0.15) is 49.0 Å². The first-order chi connectivity index (χ1) is 12.1. The van der Waals surface area contributed by atoms with E-state index in [0.29, 0.717) is 25.4 Å². The van der Waals surface area contributed by atoms with E-state index in [1.54, 1.807) is 4.90 Å². The van der Waals surface area contributed by atoms with Crippen LogP contribution < -0.4 is 5.32 Å². The molecule has 0 aromatic heterocycles. The molecule has 0 aliphatic carbocycles. The summed E-state index contributed by atoms with van der Waals surface area (Å²) >= 11 is 0. The maximum atomic E-state index is 12.8. The van der Waals surface area contributed by atoms with Crippen LogP contribution >= 0.6 is 0 Å². The quantitative estimate of drug-likeness (QED) is 0.826. The Kier molecular flexibility index (Phi) is 5.74. The van der Waals surface area contributed by atoms with Gasteiger partial charge < -0.3 is 15.1 Å². The van der Waals surface area contributed by atoms with Crippen LogP contribution in [-0.2, 0) is 11.3 Å². The first-order valence-corrected chi connectivity index (χ1v) is 9.45. The van der Waals surface area contributed by atoms with Crippen LogP contribution in [0.15, 0.2) is 24.3 Å². The van der Waals surface area contributed by atoms with Crippen molar-refractivity contribution in [2.45, 2.75) is 45.7 Å². The average Bonchev–Trinajstić information content (AvgIpc) is 3.21. The van der Waals surface area contributed by atoms with Gasteiger partial charge in [-0.15, -0.1) is 0 Å². The van der Waals surface area contributed by atoms with Crippen LogP contribution in [0, 0.1) is 5.92 Å². The first kappa shape index (κ1) is 17.9. The summed E-state index contributed by atoms with van der Waals surface area (Å²) in [6.45, 7) is 8.54. The smallest absolute Gasteiger partial charge is 0.255 e. The second kappa shape index (κ2) is 8.00. The summed E-state index contributed by atoms with van der Waals surface area (Å²) in [6.07, 6.45) is 3.20. The lowest BCUT2D eigenvalue weighted by atomic mass is 10.0. The molecule has 2 aliphatic heterocycles. The lowest BCUT2D eigenvalue weighted by Crippen LogP contribution is -2.49. The molecule has 3 rings (SSSR count). The van der Waals surface area contributed by atoms with Gasteiger partial charge in [-0.25, -0.2) is 0 Å². The highest BCUT2D eigenvalue weighted by Crippen LogP contribution is 2.26. The Morgan fingerprint density at radius 1 is 1.20 bits per heavy atom. The number of nitrogens with one attached hydrogen (secondary N) is 1. The Labute approximate surface area is 150 Å². The van der Waals surface area contributed by atoms with Crippen LogP contribution in [-0.4, -0.2) is 53.8 Å². The molecule has 1 N–H and O–H groups in total. The van der Waals surface area contributed by atoms with E-state index in [4.69, 9.17) is 0 Å². The van der Waals surface area contributed by atoms with Gasteiger partial charge in [-0.2, -0.15) is 0 Å². The van der Waals surface area contributed by atoms with Gasteiger partial charge in [-0.1, -0.05) is 32.0 Å². The van der Waals surface area contributed by atoms with Gasteiger partial charge in [0.2, 0.25) is 5.91 Å². The van der Waals surface area contributed by atoms with Gasteiger partial charge in [-0.3, -0.25) is 9.59 Å². The Bertz CT molecular complexity index is 623. The standard InChI is InChI=1S/C20H29N3O2/c1-15(2)13-18(19(24)21-9-12-22-10-5-6-11-22)23-14-16-7-3-4-8-17(16)20(23)25/h3-4,7-8,15,18H,5-6,9-14H2,1-2H3,(H,21,24)/t18-/m1/s1. The van der Waals surface area contributed by atoms with Crippen molar-refractivity contribution in [1.82, 2.24) is 15.1 Å². The minimum absolute atomic E-state index is 0.0176. The minimum Gasteiger partial charge on any atom is -0.353 e. The van der Waals surface area contributed by atoms with Gasteiger partial charge in [0.05, 0.1) is 0 Å². The van der Waals surface area contributed by atoms with Crippen LogP contribution in [0.2, 0.25) is 0 Å². The van der Waals surface area contributed by atoms with E-state index >= 15 is 0 Å². The van der Waals surface area contributed by atoms with Gasteiger partial charge in [0.1, 0.15) is 6.04 Å². The molecule has 0 saturated carbocycles. The SMILES string of the molecule is CC(C)C[C@H](C(=O)NCCN1CCCC1)N1Cc2ccccc2C1=O. The summed E-state index contributed by atoms with van der Waals surface area (Å²) in [4.78, 5) is 29.7. The highest BCUT2D eigenvalue weighted by Gasteiger charge is 2.36. The molecule has 5 nitrogen and oxygen atoms in total. The van der Waals surface area contributed by atoms with Gasteiger partial charge >= 0.3 is 0 Å². The van der Waals surface area contributed by atoms with Gasteiger partial charge in [-0.05, 0) is 49.9 Å². The largest absolute Gasteiger partial charge is 0.353 e. The summed E-state index contributed by atoms with van der Waals surface area (Å²) in [5, 5.41) is 3.06. The topological polar surface area (TPSA) is 52.7 Å². The number of carbonyl (C=O) groups excluding carboxylic acids is 2. The van der Waals surface area contributed by atoms with Gasteiger partial charge in [0, 0.05) is 25.2 Å². The number of fused-ring (bicyclic) bond motifs is 1. The second-order valence-electron chi connectivity index (χ2n) is 7.58. The molecule has 0 radical (unpaired) electrons. The molecular formula is C20H29N3O2. The van der Waals surface area contributed by atoms with Crippen LogP contribution in [0.4, 0.5) is 0 Å². The molecular weight excluding hydrogens is 314 g/mol. The highest BCUT2D eigenvalue weighted by atomic mass is 16.2. The summed E-state index contributed by atoms with van der Waals surface area (Å²) in [5.74, 6) is 0.316. The number of amides is 2. The zero-order valence-corrected chi connectivity index (χ0v) is 15.3. The first-order valence-electron chi connectivity index (χ1n) is 9.45. The fourth-order valence-corrected chi connectivity index (χ4v) is 3.81. The maximum absolute atomic E-state index is 12.8. The van der Waals surface area contributed by atoms with Crippen molar-refractivity contribution in [2.75, 3.05) is 26.2 Å². The van der Waals surface area contributed by atoms with E-state index in [1.807, 2.05) is 24.3 Å². The van der Waals surface area contributed by atoms with E-state index < -0.39 is 6.04 Å². The molecule has 0 unspecified atom stereocenters. The molecule has 1 aromatic rings. The highest BCUT2D eigenvalue weighted by molar-refractivity contribution is 6.01. The number of benzene rings is 1. The molecule has 136 valence electrons. The summed E-state index contributed by atoms with van der Waals surface area (Å²) < 4.78 is 0. The fraction of sp³-hybridized carbons (Fsp3) is 0.600. The number of carbonyl (C=O) groups is 2. The number of nitrogens with zero attached hydrogens (tertiary/aromatic N) is 2. The zero-order valence-electron chi connectivity index (χ0n) is 15.3. The molecule has 0 spiro atoms. The monoisotopic (exact) mass is 343 g/mol. The molecule has 1 aromatic carbocycles. The third kappa shape index (κ3) is 4.21. The van der Waals surface area contributed by atoms with Crippen LogP contribution in [0.5, 0.6) is 0 Å². The van der Waals surface area contributed by atoms with Crippen molar-refractivity contribution in [2.24, 2.45) is 5.92 Å². The summed E-state index contributed by atoms with van der Waals surface area (Å²) in [5.41, 5.74) is 1.76. The predicted octanol–water partition coefficient (Wildman–Crippen LogP) is 2.27. The van der Waals surface area contributed by atoms with E-state index in [-0.39, 0.29) is 11.8 Å². The van der Waals surface area contributed by atoms with E-state index in [2.05, 4.69) is 24.1 Å². The lowest BCUT2D eigenvalue weighted by Gasteiger charge is -2.28. The third-order valence-electron chi connectivity index (χ3n) is 5.15. The Morgan fingerprint density at radius 3 is 2.60 bits per heavy atom. The molecule has 1 fully saturated rings. The minimum atomic E-state index is -0.390. The fourth-order valence-electron chi connectivity index (χ4n) is 3.81. The molecule has 1 atom stereocenters. The predicted molar refractivity (Wildman–Crippen MR) is 98.2 cm³/mol. The summed E-state index contributed by atoms with van der Waals surface area (Å²) in [7, 11) is 0. The molecule has 25 heavy (non-hydrogen) atoms. The normalized spacial score (nSPS) is 18.7. The summed E-state index contributed by atoms with van der Waals surface area (Å²) in [6, 6.07) is 7.27. The van der Waals surface area contributed by atoms with Crippen LogP contribution in [0.3, 0.4) is 0 Å². The van der Waals surface area contributed by atoms with Crippen molar-refractivity contribution in [3.8, 4) is 0 Å². The lowest BCUT2D eigenvalue weighted by molar-refractivity contribution is -0.126. The van der Waals surface area contributed by atoms with E-state index in [1.165, 1.54) is 12.8 Å². The van der Waals surface area contributed by atoms with Crippen molar-refractivity contribution >= 4 is 11.8 Å². The van der Waals surface area contributed by atoms with E-state index in [9.17, 15) is 9.59 Å². The van der Waals surface area contributed by atoms with Crippen molar-refractivity contribution in [3.05, 3.63) is 35.4 Å². The van der Waals surface area contributed by atoms with Crippen molar-refractivity contribution in [1.29, 1.82) is 0 Å². The molecule has 2 amide bonds. The third-order valence-corrected chi connectivity index (χ3v) is 5.15. The van der Waals surface area contributed by atoms with Crippen molar-refractivity contribution < 1.29 is 9.59 Å². The van der Waals surface area contributed by atoms with Gasteiger partial charge in [0.15, 0.2) is 0 Å². The zero-order chi connectivity index (χ0) is 17.8. The molecule has 2 aliphatic rings. The second-order valence-corrected chi connectivity index (χ2v) is 7.58. The molecule has 5 heteroatoms. The Hall–Kier alpha value is -1.88. The average molecular weight is 343 g/mol. The number of hydrogen-bond acceptors (Lipinski definition) is 3. The maximum Gasteiger partial charge on any atom is 0.255 e. The Morgan fingerprint density at radius 2 is 1.92 bits per heavy atom.